The first kappa shape index (κ1) is 11.1. The summed E-state index contributed by atoms with van der Waals surface area (Å²) in [5.41, 5.74) is 1.94. The number of hydrogen-bond acceptors (Lipinski definition) is 2. The van der Waals surface area contributed by atoms with E-state index in [1.54, 1.807) is 14.0 Å². The average Bonchev–Trinajstić information content (AvgIpc) is 2.17. The third-order valence-corrected chi connectivity index (χ3v) is 2.28. The van der Waals surface area contributed by atoms with E-state index in [4.69, 9.17) is 16.3 Å². The molecule has 0 aliphatic rings. The standard InChI is InChI=1S/C11H13ClO2/c1-8(13)5-9-3-4-11(14-2)6-10(9)7-12/h3-4,6H,5,7H2,1-2H3. The van der Waals surface area contributed by atoms with Gasteiger partial charge in [-0.25, -0.2) is 0 Å². The van der Waals surface area contributed by atoms with Crippen molar-refractivity contribution in [2.24, 2.45) is 0 Å². The molecule has 3 heteroatoms. The lowest BCUT2D eigenvalue weighted by Crippen LogP contribution is -2.00. The van der Waals surface area contributed by atoms with Gasteiger partial charge in [0.25, 0.3) is 0 Å². The number of hydrogen-bond donors (Lipinski definition) is 0. The summed E-state index contributed by atoms with van der Waals surface area (Å²) >= 11 is 5.78. The van der Waals surface area contributed by atoms with Gasteiger partial charge in [-0.15, -0.1) is 11.6 Å². The van der Waals surface area contributed by atoms with Crippen LogP contribution in [0, 0.1) is 0 Å². The highest BCUT2D eigenvalue weighted by atomic mass is 35.5. The zero-order valence-corrected chi connectivity index (χ0v) is 9.10. The number of rotatable bonds is 4. The number of methoxy groups -OCH3 is 1. The van der Waals surface area contributed by atoms with Crippen molar-refractivity contribution in [2.45, 2.75) is 19.2 Å². The largest absolute Gasteiger partial charge is 0.497 e. The van der Waals surface area contributed by atoms with Crippen molar-refractivity contribution in [1.82, 2.24) is 0 Å². The molecule has 0 aromatic heterocycles. The number of benzene rings is 1. The molecule has 0 radical (unpaired) electrons. The van der Waals surface area contributed by atoms with Crippen molar-refractivity contribution in [1.29, 1.82) is 0 Å². The zero-order chi connectivity index (χ0) is 10.6. The number of carbonyl (C=O) groups is 1. The third-order valence-electron chi connectivity index (χ3n) is 2.00. The van der Waals surface area contributed by atoms with Gasteiger partial charge in [-0.05, 0) is 30.2 Å². The number of halogens is 1. The van der Waals surface area contributed by atoms with Crippen molar-refractivity contribution < 1.29 is 9.53 Å². The van der Waals surface area contributed by atoms with Crippen LogP contribution < -0.4 is 4.74 Å². The lowest BCUT2D eigenvalue weighted by Gasteiger charge is -2.07. The second kappa shape index (κ2) is 5.01. The van der Waals surface area contributed by atoms with Crippen LogP contribution in [0.5, 0.6) is 5.75 Å². The zero-order valence-electron chi connectivity index (χ0n) is 8.34. The summed E-state index contributed by atoms with van der Waals surface area (Å²) in [6, 6.07) is 5.59. The predicted molar refractivity (Wildman–Crippen MR) is 56.9 cm³/mol. The SMILES string of the molecule is COc1ccc(CC(C)=O)c(CCl)c1. The Morgan fingerprint density at radius 3 is 2.64 bits per heavy atom. The van der Waals surface area contributed by atoms with Crippen LogP contribution in [0.2, 0.25) is 0 Å². The molecule has 0 saturated heterocycles. The van der Waals surface area contributed by atoms with Crippen LogP contribution in [0.3, 0.4) is 0 Å². The maximum Gasteiger partial charge on any atom is 0.134 e. The summed E-state index contributed by atoms with van der Waals surface area (Å²) in [5.74, 6) is 1.31. The van der Waals surface area contributed by atoms with Gasteiger partial charge in [0.15, 0.2) is 0 Å². The first-order chi connectivity index (χ1) is 6.67. The summed E-state index contributed by atoms with van der Waals surface area (Å²) in [6.07, 6.45) is 0.437. The fraction of sp³-hybridized carbons (Fsp3) is 0.364. The maximum absolute atomic E-state index is 11.0. The van der Waals surface area contributed by atoms with Gasteiger partial charge in [-0.3, -0.25) is 4.79 Å². The van der Waals surface area contributed by atoms with E-state index >= 15 is 0 Å². The summed E-state index contributed by atoms with van der Waals surface area (Å²) in [6.45, 7) is 1.57. The summed E-state index contributed by atoms with van der Waals surface area (Å²) < 4.78 is 5.07. The molecule has 0 N–H and O–H groups in total. The monoisotopic (exact) mass is 212 g/mol. The molecule has 0 unspecified atom stereocenters. The van der Waals surface area contributed by atoms with Crippen molar-refractivity contribution in [3.63, 3.8) is 0 Å². The van der Waals surface area contributed by atoms with Crippen LogP contribution in [0.4, 0.5) is 0 Å². The van der Waals surface area contributed by atoms with E-state index in [1.165, 1.54) is 0 Å². The van der Waals surface area contributed by atoms with E-state index in [-0.39, 0.29) is 5.78 Å². The summed E-state index contributed by atoms with van der Waals surface area (Å²) in [7, 11) is 1.61. The van der Waals surface area contributed by atoms with Crippen molar-refractivity contribution in [3.8, 4) is 5.75 Å². The van der Waals surface area contributed by atoms with E-state index in [0.717, 1.165) is 16.9 Å². The molecule has 0 amide bonds. The number of alkyl halides is 1. The topological polar surface area (TPSA) is 26.3 Å². The first-order valence-corrected chi connectivity index (χ1v) is 4.92. The van der Waals surface area contributed by atoms with Gasteiger partial charge in [0, 0.05) is 12.3 Å². The first-order valence-electron chi connectivity index (χ1n) is 4.38. The quantitative estimate of drug-likeness (QED) is 0.718. The minimum atomic E-state index is 0.140. The molecule has 0 heterocycles. The summed E-state index contributed by atoms with van der Waals surface area (Å²) in [5, 5.41) is 0. The average molecular weight is 213 g/mol. The van der Waals surface area contributed by atoms with Crippen LogP contribution in [0.1, 0.15) is 18.1 Å². The normalized spacial score (nSPS) is 9.93. The van der Waals surface area contributed by atoms with Crippen LogP contribution in [-0.2, 0) is 17.1 Å². The Bertz CT molecular complexity index is 334. The van der Waals surface area contributed by atoms with Crippen LogP contribution in [-0.4, -0.2) is 12.9 Å². The van der Waals surface area contributed by atoms with Gasteiger partial charge < -0.3 is 4.74 Å². The van der Waals surface area contributed by atoms with Gasteiger partial charge in [0.05, 0.1) is 7.11 Å². The molecule has 0 aliphatic heterocycles. The lowest BCUT2D eigenvalue weighted by molar-refractivity contribution is -0.116. The van der Waals surface area contributed by atoms with Crippen molar-refractivity contribution in [3.05, 3.63) is 29.3 Å². The second-order valence-corrected chi connectivity index (χ2v) is 3.41. The minimum Gasteiger partial charge on any atom is -0.497 e. The van der Waals surface area contributed by atoms with Gasteiger partial charge in [-0.1, -0.05) is 6.07 Å². The van der Waals surface area contributed by atoms with Gasteiger partial charge in [0.1, 0.15) is 11.5 Å². The van der Waals surface area contributed by atoms with E-state index < -0.39 is 0 Å². The van der Waals surface area contributed by atoms with Crippen LogP contribution in [0.25, 0.3) is 0 Å². The third kappa shape index (κ3) is 2.74. The molecule has 76 valence electrons. The smallest absolute Gasteiger partial charge is 0.134 e. The molecule has 0 aliphatic carbocycles. The van der Waals surface area contributed by atoms with E-state index in [0.29, 0.717) is 12.3 Å². The Morgan fingerprint density at radius 1 is 1.43 bits per heavy atom. The molecule has 0 atom stereocenters. The number of Topliss-reactive ketones (excluding diaryl/α,β-unsaturated/α-hetero) is 1. The molecule has 14 heavy (non-hydrogen) atoms. The molecular weight excluding hydrogens is 200 g/mol. The van der Waals surface area contributed by atoms with Crippen molar-refractivity contribution in [2.75, 3.05) is 7.11 Å². The molecule has 0 spiro atoms. The second-order valence-electron chi connectivity index (χ2n) is 3.15. The van der Waals surface area contributed by atoms with E-state index in [2.05, 4.69) is 0 Å². The minimum absolute atomic E-state index is 0.140. The fourth-order valence-corrected chi connectivity index (χ4v) is 1.54. The predicted octanol–water partition coefficient (Wildman–Crippen LogP) is 2.57. The lowest BCUT2D eigenvalue weighted by atomic mass is 10.0. The van der Waals surface area contributed by atoms with Gasteiger partial charge >= 0.3 is 0 Å². The van der Waals surface area contributed by atoms with E-state index in [1.807, 2.05) is 18.2 Å². The Hall–Kier alpha value is -1.02. The van der Waals surface area contributed by atoms with Crippen LogP contribution in [0.15, 0.2) is 18.2 Å². The van der Waals surface area contributed by atoms with E-state index in [9.17, 15) is 4.79 Å². The number of ether oxygens (including phenoxy) is 1. The summed E-state index contributed by atoms with van der Waals surface area (Å²) in [4.78, 5) is 11.0. The Kier molecular flexibility index (Phi) is 3.96. The fourth-order valence-electron chi connectivity index (χ4n) is 1.29. The Labute approximate surface area is 88.8 Å². The Balaban J connectivity index is 2.98. The molecule has 0 bridgehead atoms. The Morgan fingerprint density at radius 2 is 2.14 bits per heavy atom. The maximum atomic E-state index is 11.0. The van der Waals surface area contributed by atoms with Gasteiger partial charge in [-0.2, -0.15) is 0 Å². The number of carbonyl (C=O) groups excluding carboxylic acids is 1. The molecule has 1 aromatic carbocycles. The highest BCUT2D eigenvalue weighted by molar-refractivity contribution is 6.17. The highest BCUT2D eigenvalue weighted by Crippen LogP contribution is 2.19. The molecule has 1 aromatic rings. The number of ketones is 1. The highest BCUT2D eigenvalue weighted by Gasteiger charge is 2.05. The molecule has 0 fully saturated rings. The molecule has 1 rings (SSSR count). The molecule has 2 nitrogen and oxygen atoms in total. The molecular formula is C11H13ClO2. The van der Waals surface area contributed by atoms with Crippen LogP contribution >= 0.6 is 11.6 Å². The molecule has 0 saturated carbocycles. The van der Waals surface area contributed by atoms with Crippen molar-refractivity contribution >= 4 is 17.4 Å². The van der Waals surface area contributed by atoms with Gasteiger partial charge in [0.2, 0.25) is 0 Å².